The first-order valence-electron chi connectivity index (χ1n) is 6.38. The molecule has 4 heteroatoms. The Labute approximate surface area is 106 Å². The summed E-state index contributed by atoms with van der Waals surface area (Å²) in [5.74, 6) is -0.957. The third kappa shape index (κ3) is 3.29. The van der Waals surface area contributed by atoms with Crippen LogP contribution in [-0.2, 0) is 4.79 Å². The van der Waals surface area contributed by atoms with E-state index in [0.29, 0.717) is 6.42 Å². The van der Waals surface area contributed by atoms with Crippen molar-refractivity contribution in [1.29, 1.82) is 0 Å². The number of rotatable bonds is 5. The largest absolute Gasteiger partial charge is 0.481 e. The van der Waals surface area contributed by atoms with Gasteiger partial charge in [0.25, 0.3) is 0 Å². The van der Waals surface area contributed by atoms with Crippen LogP contribution in [0.15, 0.2) is 24.3 Å². The highest BCUT2D eigenvalue weighted by Gasteiger charge is 2.25. The Morgan fingerprint density at radius 2 is 2.33 bits per heavy atom. The number of aliphatic carboxylic acids is 1. The molecule has 2 rings (SSSR count). The minimum atomic E-state index is -0.753. The lowest BCUT2D eigenvalue weighted by Crippen LogP contribution is -2.25. The van der Waals surface area contributed by atoms with Gasteiger partial charge in [0, 0.05) is 12.5 Å². The van der Waals surface area contributed by atoms with Crippen LogP contribution < -0.4 is 0 Å². The zero-order chi connectivity index (χ0) is 13.0. The fourth-order valence-electron chi connectivity index (χ4n) is 2.62. The third-order valence-electron chi connectivity index (χ3n) is 3.43. The SMILES string of the molecule is O=C(O)CCCN1CCCC1c1cccc(F)c1. The van der Waals surface area contributed by atoms with Crippen LogP contribution in [0.25, 0.3) is 0 Å². The molecule has 0 bridgehead atoms. The van der Waals surface area contributed by atoms with E-state index in [0.717, 1.165) is 31.5 Å². The van der Waals surface area contributed by atoms with Crippen molar-refractivity contribution in [3.8, 4) is 0 Å². The summed E-state index contributed by atoms with van der Waals surface area (Å²) < 4.78 is 13.2. The molecular formula is C14H18FNO2. The number of carbonyl (C=O) groups is 1. The highest BCUT2D eigenvalue weighted by Crippen LogP contribution is 2.32. The Balaban J connectivity index is 1.97. The maximum absolute atomic E-state index is 13.2. The molecule has 1 aliphatic rings. The summed E-state index contributed by atoms with van der Waals surface area (Å²) in [5.41, 5.74) is 1.00. The van der Waals surface area contributed by atoms with E-state index < -0.39 is 5.97 Å². The minimum Gasteiger partial charge on any atom is -0.481 e. The molecule has 1 aromatic rings. The quantitative estimate of drug-likeness (QED) is 0.874. The Morgan fingerprint density at radius 1 is 1.50 bits per heavy atom. The lowest BCUT2D eigenvalue weighted by atomic mass is 10.0. The van der Waals surface area contributed by atoms with Crippen molar-refractivity contribution in [1.82, 2.24) is 4.90 Å². The van der Waals surface area contributed by atoms with Crippen LogP contribution in [0.5, 0.6) is 0 Å². The number of nitrogens with zero attached hydrogens (tertiary/aromatic N) is 1. The fraction of sp³-hybridized carbons (Fsp3) is 0.500. The van der Waals surface area contributed by atoms with E-state index in [1.54, 1.807) is 12.1 Å². The molecule has 3 nitrogen and oxygen atoms in total. The predicted molar refractivity (Wildman–Crippen MR) is 66.8 cm³/mol. The van der Waals surface area contributed by atoms with Crippen LogP contribution in [0.4, 0.5) is 4.39 Å². The van der Waals surface area contributed by atoms with Gasteiger partial charge in [-0.05, 0) is 50.0 Å². The third-order valence-corrected chi connectivity index (χ3v) is 3.43. The first kappa shape index (κ1) is 13.0. The second-order valence-corrected chi connectivity index (χ2v) is 4.75. The van der Waals surface area contributed by atoms with Gasteiger partial charge in [-0.2, -0.15) is 0 Å². The van der Waals surface area contributed by atoms with Crippen LogP contribution in [0.2, 0.25) is 0 Å². The van der Waals surface area contributed by atoms with Crippen LogP contribution in [0.3, 0.4) is 0 Å². The van der Waals surface area contributed by atoms with Crippen molar-refractivity contribution >= 4 is 5.97 Å². The summed E-state index contributed by atoms with van der Waals surface area (Å²) in [7, 11) is 0. The van der Waals surface area contributed by atoms with Gasteiger partial charge in [0.05, 0.1) is 0 Å². The average Bonchev–Trinajstić information content (AvgIpc) is 2.77. The number of hydrogen-bond acceptors (Lipinski definition) is 2. The molecule has 0 aliphatic carbocycles. The molecule has 1 fully saturated rings. The maximum Gasteiger partial charge on any atom is 0.303 e. The van der Waals surface area contributed by atoms with E-state index in [-0.39, 0.29) is 18.3 Å². The molecule has 0 amide bonds. The standard InChI is InChI=1S/C14H18FNO2/c15-12-5-1-4-11(10-12)13-6-2-8-16(13)9-3-7-14(17)18/h1,4-5,10,13H,2-3,6-9H2,(H,17,18). The van der Waals surface area contributed by atoms with Crippen LogP contribution in [0, 0.1) is 5.82 Å². The van der Waals surface area contributed by atoms with Crippen molar-refractivity contribution < 1.29 is 14.3 Å². The second kappa shape index (κ2) is 5.96. The highest BCUT2D eigenvalue weighted by atomic mass is 19.1. The number of benzene rings is 1. The maximum atomic E-state index is 13.2. The van der Waals surface area contributed by atoms with Gasteiger partial charge in [0.2, 0.25) is 0 Å². The van der Waals surface area contributed by atoms with E-state index in [1.807, 2.05) is 6.07 Å². The first-order valence-corrected chi connectivity index (χ1v) is 6.38. The molecular weight excluding hydrogens is 233 g/mol. The molecule has 0 aromatic heterocycles. The van der Waals surface area contributed by atoms with Crippen LogP contribution in [-0.4, -0.2) is 29.1 Å². The van der Waals surface area contributed by atoms with Gasteiger partial charge in [-0.15, -0.1) is 0 Å². The number of carboxylic acids is 1. The average molecular weight is 251 g/mol. The first-order chi connectivity index (χ1) is 8.66. The predicted octanol–water partition coefficient (Wildman–Crippen LogP) is 2.83. The van der Waals surface area contributed by atoms with Gasteiger partial charge in [-0.1, -0.05) is 12.1 Å². The van der Waals surface area contributed by atoms with Gasteiger partial charge >= 0.3 is 5.97 Å². The summed E-state index contributed by atoms with van der Waals surface area (Å²) in [5, 5.41) is 8.64. The number of halogens is 1. The van der Waals surface area contributed by atoms with Crippen LogP contribution in [0.1, 0.15) is 37.3 Å². The van der Waals surface area contributed by atoms with Gasteiger partial charge in [-0.3, -0.25) is 9.69 Å². The van der Waals surface area contributed by atoms with Gasteiger partial charge in [0.15, 0.2) is 0 Å². The lowest BCUT2D eigenvalue weighted by Gasteiger charge is -2.24. The Morgan fingerprint density at radius 3 is 3.06 bits per heavy atom. The molecule has 0 saturated carbocycles. The monoisotopic (exact) mass is 251 g/mol. The Bertz CT molecular complexity index is 422. The van der Waals surface area contributed by atoms with E-state index in [1.165, 1.54) is 6.07 Å². The van der Waals surface area contributed by atoms with E-state index >= 15 is 0 Å². The van der Waals surface area contributed by atoms with Gasteiger partial charge in [-0.25, -0.2) is 4.39 Å². The van der Waals surface area contributed by atoms with Crippen LogP contribution >= 0.6 is 0 Å². The number of carboxylic acid groups (broad SMARTS) is 1. The fourth-order valence-corrected chi connectivity index (χ4v) is 2.62. The summed E-state index contributed by atoms with van der Waals surface area (Å²) in [4.78, 5) is 12.8. The summed E-state index contributed by atoms with van der Waals surface area (Å²) >= 11 is 0. The molecule has 1 aromatic carbocycles. The zero-order valence-electron chi connectivity index (χ0n) is 10.3. The topological polar surface area (TPSA) is 40.5 Å². The van der Waals surface area contributed by atoms with Crippen molar-refractivity contribution in [2.45, 2.75) is 31.7 Å². The molecule has 1 unspecified atom stereocenters. The van der Waals surface area contributed by atoms with Crippen molar-refractivity contribution in [3.05, 3.63) is 35.6 Å². The lowest BCUT2D eigenvalue weighted by molar-refractivity contribution is -0.137. The zero-order valence-corrected chi connectivity index (χ0v) is 10.3. The summed E-state index contributed by atoms with van der Waals surface area (Å²) in [6.07, 6.45) is 2.97. The molecule has 98 valence electrons. The highest BCUT2D eigenvalue weighted by molar-refractivity contribution is 5.66. The number of likely N-dealkylation sites (tertiary alicyclic amines) is 1. The Kier molecular flexibility index (Phi) is 4.31. The van der Waals surface area contributed by atoms with E-state index in [2.05, 4.69) is 4.90 Å². The minimum absolute atomic E-state index is 0.201. The number of hydrogen-bond donors (Lipinski definition) is 1. The summed E-state index contributed by atoms with van der Waals surface area (Å²) in [6.45, 7) is 1.74. The molecule has 1 heterocycles. The molecule has 1 atom stereocenters. The molecule has 0 spiro atoms. The second-order valence-electron chi connectivity index (χ2n) is 4.75. The van der Waals surface area contributed by atoms with Gasteiger partial charge in [0.1, 0.15) is 5.82 Å². The van der Waals surface area contributed by atoms with Crippen molar-refractivity contribution in [2.24, 2.45) is 0 Å². The van der Waals surface area contributed by atoms with E-state index in [4.69, 9.17) is 5.11 Å². The van der Waals surface area contributed by atoms with Crippen molar-refractivity contribution in [3.63, 3.8) is 0 Å². The molecule has 1 saturated heterocycles. The molecule has 1 aliphatic heterocycles. The van der Waals surface area contributed by atoms with Crippen molar-refractivity contribution in [2.75, 3.05) is 13.1 Å². The normalized spacial score (nSPS) is 20.2. The molecule has 18 heavy (non-hydrogen) atoms. The molecule has 0 radical (unpaired) electrons. The Hall–Kier alpha value is -1.42. The van der Waals surface area contributed by atoms with Gasteiger partial charge < -0.3 is 5.11 Å². The molecule has 1 N–H and O–H groups in total. The smallest absolute Gasteiger partial charge is 0.303 e. The van der Waals surface area contributed by atoms with E-state index in [9.17, 15) is 9.18 Å². The summed E-state index contributed by atoms with van der Waals surface area (Å²) in [6, 6.07) is 6.96.